The van der Waals surface area contributed by atoms with Gasteiger partial charge in [-0.1, -0.05) is 35.9 Å². The van der Waals surface area contributed by atoms with Crippen LogP contribution in [0.1, 0.15) is 18.1 Å². The van der Waals surface area contributed by atoms with Crippen molar-refractivity contribution in [2.24, 2.45) is 0 Å². The molecule has 0 radical (unpaired) electrons. The molecular formula is C18H15ClN6O2. The van der Waals surface area contributed by atoms with Gasteiger partial charge in [0.1, 0.15) is 11.9 Å². The zero-order valence-corrected chi connectivity index (χ0v) is 15.1. The summed E-state index contributed by atoms with van der Waals surface area (Å²) in [4.78, 5) is 26.8. The predicted molar refractivity (Wildman–Crippen MR) is 97.0 cm³/mol. The number of nitrogens with zero attached hydrogens (tertiary/aromatic N) is 5. The van der Waals surface area contributed by atoms with E-state index < -0.39 is 11.6 Å². The van der Waals surface area contributed by atoms with Crippen LogP contribution in [0.15, 0.2) is 54.9 Å². The third-order valence-electron chi connectivity index (χ3n) is 4.54. The minimum atomic E-state index is -1.18. The number of imide groups is 1. The summed E-state index contributed by atoms with van der Waals surface area (Å²) in [5.41, 5.74) is 0.925. The number of amides is 3. The first-order valence-electron chi connectivity index (χ1n) is 8.20. The fourth-order valence-electron chi connectivity index (χ4n) is 3.09. The molecule has 1 aliphatic rings. The Kier molecular flexibility index (Phi) is 4.12. The van der Waals surface area contributed by atoms with Crippen LogP contribution in [0.25, 0.3) is 5.69 Å². The zero-order valence-electron chi connectivity index (χ0n) is 14.3. The predicted octanol–water partition coefficient (Wildman–Crippen LogP) is 2.28. The standard InChI is InChI=1S/C18H15ClN6O2/c1-18(13-5-3-7-15(9-13)25-11-20-22-23-25)16(26)24(17(27)21-18)10-12-4-2-6-14(19)8-12/h2-9,11H,10H2,1H3,(H,21,27)/t18-/m0/s1. The van der Waals surface area contributed by atoms with Crippen molar-refractivity contribution in [3.63, 3.8) is 0 Å². The highest BCUT2D eigenvalue weighted by Gasteiger charge is 2.49. The normalized spacial score (nSPS) is 19.4. The second kappa shape index (κ2) is 6.48. The Morgan fingerprint density at radius 3 is 2.70 bits per heavy atom. The van der Waals surface area contributed by atoms with E-state index in [2.05, 4.69) is 20.8 Å². The van der Waals surface area contributed by atoms with Crippen LogP contribution in [0.4, 0.5) is 4.79 Å². The lowest BCUT2D eigenvalue weighted by molar-refractivity contribution is -0.131. The summed E-state index contributed by atoms with van der Waals surface area (Å²) in [5.74, 6) is -0.332. The van der Waals surface area contributed by atoms with E-state index in [0.717, 1.165) is 5.56 Å². The number of tetrazole rings is 1. The van der Waals surface area contributed by atoms with Crippen LogP contribution >= 0.6 is 11.6 Å². The van der Waals surface area contributed by atoms with Gasteiger partial charge in [-0.15, -0.1) is 5.10 Å². The first-order chi connectivity index (χ1) is 13.0. The molecule has 9 heteroatoms. The van der Waals surface area contributed by atoms with E-state index in [0.29, 0.717) is 16.3 Å². The van der Waals surface area contributed by atoms with E-state index in [1.807, 2.05) is 12.1 Å². The second-order valence-corrected chi connectivity index (χ2v) is 6.82. The first-order valence-corrected chi connectivity index (χ1v) is 8.57. The summed E-state index contributed by atoms with van der Waals surface area (Å²) in [7, 11) is 0. The van der Waals surface area contributed by atoms with Crippen molar-refractivity contribution in [2.45, 2.75) is 19.0 Å². The summed E-state index contributed by atoms with van der Waals surface area (Å²) < 4.78 is 1.48. The molecule has 1 N–H and O–H groups in total. The summed E-state index contributed by atoms with van der Waals surface area (Å²) in [6.45, 7) is 1.83. The van der Waals surface area contributed by atoms with Crippen LogP contribution in [0.2, 0.25) is 5.02 Å². The van der Waals surface area contributed by atoms with Crippen LogP contribution in [0.3, 0.4) is 0 Å². The van der Waals surface area contributed by atoms with Crippen molar-refractivity contribution in [3.8, 4) is 5.69 Å². The largest absolute Gasteiger partial charge is 0.325 e. The van der Waals surface area contributed by atoms with Gasteiger partial charge in [-0.3, -0.25) is 9.69 Å². The van der Waals surface area contributed by atoms with Crippen molar-refractivity contribution < 1.29 is 9.59 Å². The number of benzene rings is 2. The molecule has 0 saturated carbocycles. The van der Waals surface area contributed by atoms with Gasteiger partial charge in [0.05, 0.1) is 12.2 Å². The number of halogens is 1. The number of urea groups is 1. The molecule has 1 aromatic heterocycles. The highest BCUT2D eigenvalue weighted by molar-refractivity contribution is 6.30. The van der Waals surface area contributed by atoms with Crippen LogP contribution in [0, 0.1) is 0 Å². The molecule has 0 aliphatic carbocycles. The van der Waals surface area contributed by atoms with Crippen LogP contribution in [-0.4, -0.2) is 37.0 Å². The summed E-state index contributed by atoms with van der Waals surface area (Å²) in [5, 5.41) is 14.4. The van der Waals surface area contributed by atoms with Crippen LogP contribution in [-0.2, 0) is 16.9 Å². The Morgan fingerprint density at radius 1 is 1.15 bits per heavy atom. The molecule has 2 heterocycles. The molecule has 0 unspecified atom stereocenters. The van der Waals surface area contributed by atoms with Crippen LogP contribution in [0.5, 0.6) is 0 Å². The Morgan fingerprint density at radius 2 is 1.96 bits per heavy atom. The second-order valence-electron chi connectivity index (χ2n) is 6.38. The summed E-state index contributed by atoms with van der Waals surface area (Å²) in [6.07, 6.45) is 1.46. The van der Waals surface area contributed by atoms with E-state index in [1.165, 1.54) is 15.9 Å². The molecule has 4 rings (SSSR count). The number of carbonyl (C=O) groups excluding carboxylic acids is 2. The van der Waals surface area contributed by atoms with Crippen molar-refractivity contribution in [2.75, 3.05) is 0 Å². The monoisotopic (exact) mass is 382 g/mol. The minimum Gasteiger partial charge on any atom is -0.319 e. The third kappa shape index (κ3) is 3.04. The van der Waals surface area contributed by atoms with Gasteiger partial charge in [-0.2, -0.15) is 0 Å². The number of aromatic nitrogens is 4. The zero-order chi connectivity index (χ0) is 19.0. The number of nitrogens with one attached hydrogen (secondary N) is 1. The minimum absolute atomic E-state index is 0.146. The fraction of sp³-hybridized carbons (Fsp3) is 0.167. The SMILES string of the molecule is C[C@@]1(c2cccc(-n3cnnn3)c2)NC(=O)N(Cc2cccc(Cl)c2)C1=O. The Hall–Kier alpha value is -3.26. The van der Waals surface area contributed by atoms with Gasteiger partial charge in [0, 0.05) is 5.02 Å². The molecule has 2 aromatic carbocycles. The van der Waals surface area contributed by atoms with E-state index in [1.54, 1.807) is 43.3 Å². The Labute approximate surface area is 159 Å². The molecule has 3 amide bonds. The lowest BCUT2D eigenvalue weighted by Crippen LogP contribution is -2.40. The smallest absolute Gasteiger partial charge is 0.319 e. The molecule has 0 spiro atoms. The average molecular weight is 383 g/mol. The third-order valence-corrected chi connectivity index (χ3v) is 4.78. The lowest BCUT2D eigenvalue weighted by Gasteiger charge is -2.23. The molecule has 1 fully saturated rings. The highest BCUT2D eigenvalue weighted by atomic mass is 35.5. The number of carbonyl (C=O) groups is 2. The molecule has 1 atom stereocenters. The van der Waals surface area contributed by atoms with Gasteiger partial charge < -0.3 is 5.32 Å². The maximum atomic E-state index is 13.1. The van der Waals surface area contributed by atoms with Crippen molar-refractivity contribution in [1.29, 1.82) is 0 Å². The van der Waals surface area contributed by atoms with Gasteiger partial charge in [0.15, 0.2) is 0 Å². The van der Waals surface area contributed by atoms with Gasteiger partial charge >= 0.3 is 6.03 Å². The fourth-order valence-corrected chi connectivity index (χ4v) is 3.31. The lowest BCUT2D eigenvalue weighted by atomic mass is 9.91. The molecule has 8 nitrogen and oxygen atoms in total. The summed E-state index contributed by atoms with van der Waals surface area (Å²) >= 11 is 6.00. The van der Waals surface area contributed by atoms with Crippen molar-refractivity contribution in [1.82, 2.24) is 30.4 Å². The molecule has 136 valence electrons. The topological polar surface area (TPSA) is 93.0 Å². The van der Waals surface area contributed by atoms with E-state index in [9.17, 15) is 9.59 Å². The van der Waals surface area contributed by atoms with Gasteiger partial charge in [-0.25, -0.2) is 9.48 Å². The summed E-state index contributed by atoms with van der Waals surface area (Å²) in [6, 6.07) is 13.8. The maximum absolute atomic E-state index is 13.1. The molecule has 0 bridgehead atoms. The highest BCUT2D eigenvalue weighted by Crippen LogP contribution is 2.31. The van der Waals surface area contributed by atoms with E-state index in [4.69, 9.17) is 11.6 Å². The van der Waals surface area contributed by atoms with Gasteiger partial charge in [-0.05, 0) is 52.7 Å². The van der Waals surface area contributed by atoms with Crippen molar-refractivity contribution in [3.05, 3.63) is 71.0 Å². The van der Waals surface area contributed by atoms with E-state index >= 15 is 0 Å². The number of hydrogen-bond donors (Lipinski definition) is 1. The van der Waals surface area contributed by atoms with E-state index in [-0.39, 0.29) is 12.5 Å². The number of hydrogen-bond acceptors (Lipinski definition) is 5. The molecule has 1 aliphatic heterocycles. The molecule has 27 heavy (non-hydrogen) atoms. The van der Waals surface area contributed by atoms with Crippen LogP contribution < -0.4 is 5.32 Å². The van der Waals surface area contributed by atoms with Gasteiger partial charge in [0.25, 0.3) is 5.91 Å². The number of rotatable bonds is 4. The average Bonchev–Trinajstić information content (AvgIpc) is 3.26. The molecule has 3 aromatic rings. The van der Waals surface area contributed by atoms with Crippen molar-refractivity contribution >= 4 is 23.5 Å². The Bertz CT molecular complexity index is 1020. The quantitative estimate of drug-likeness (QED) is 0.699. The molecule has 1 saturated heterocycles. The molecular weight excluding hydrogens is 368 g/mol. The maximum Gasteiger partial charge on any atom is 0.325 e. The first kappa shape index (κ1) is 17.2. The van der Waals surface area contributed by atoms with Gasteiger partial charge in [0.2, 0.25) is 0 Å². The Balaban J connectivity index is 1.65.